The van der Waals surface area contributed by atoms with Gasteiger partial charge in [-0.2, -0.15) is 0 Å². The molecule has 2 aromatic heterocycles. The number of nitrogens with zero attached hydrogens (tertiary/aromatic N) is 6. The molecule has 1 spiro atoms. The predicted molar refractivity (Wildman–Crippen MR) is 123 cm³/mol. The van der Waals surface area contributed by atoms with E-state index in [0.717, 1.165) is 65.6 Å². The molecule has 0 saturated carbocycles. The first kappa shape index (κ1) is 21.2. The topological polar surface area (TPSA) is 103 Å². The number of halogens is 1. The molecule has 2 aliphatic heterocycles. The molecule has 0 N–H and O–H groups in total. The van der Waals surface area contributed by atoms with Crippen LogP contribution in [-0.2, 0) is 52.7 Å². The minimum Gasteiger partial charge on any atom is -0.365 e. The molecule has 9 nitrogen and oxygen atoms in total. The third kappa shape index (κ3) is 3.57. The zero-order valence-electron chi connectivity index (χ0n) is 18.2. The summed E-state index contributed by atoms with van der Waals surface area (Å²) in [7, 11) is -3.59. The number of aryl methyl sites for hydroxylation is 2. The molecule has 3 aromatic rings. The molecule has 11 heteroatoms. The van der Waals surface area contributed by atoms with Crippen molar-refractivity contribution >= 4 is 31.6 Å². The van der Waals surface area contributed by atoms with Gasteiger partial charge in [-0.15, -0.1) is 5.10 Å². The molecule has 1 atom stereocenters. The van der Waals surface area contributed by atoms with Crippen molar-refractivity contribution < 1.29 is 13.2 Å². The highest BCUT2D eigenvalue weighted by atomic mass is 79.9. The molecule has 1 unspecified atom stereocenters. The van der Waals surface area contributed by atoms with Gasteiger partial charge >= 0.3 is 0 Å². The number of anilines is 1. The third-order valence-electron chi connectivity index (χ3n) is 6.84. The van der Waals surface area contributed by atoms with Gasteiger partial charge in [-0.1, -0.05) is 27.2 Å². The van der Waals surface area contributed by atoms with Crippen molar-refractivity contribution in [3.05, 3.63) is 56.9 Å². The van der Waals surface area contributed by atoms with Gasteiger partial charge in [-0.3, -0.25) is 0 Å². The highest BCUT2D eigenvalue weighted by molar-refractivity contribution is 9.10. The maximum atomic E-state index is 12.5. The summed E-state index contributed by atoms with van der Waals surface area (Å²) in [4.78, 5) is 11.2. The summed E-state index contributed by atoms with van der Waals surface area (Å²) >= 11 is 3.59. The zero-order chi connectivity index (χ0) is 22.8. The van der Waals surface area contributed by atoms with Gasteiger partial charge < -0.3 is 9.64 Å². The van der Waals surface area contributed by atoms with Gasteiger partial charge in [0.1, 0.15) is 5.82 Å². The van der Waals surface area contributed by atoms with Gasteiger partial charge in [0.05, 0.1) is 36.3 Å². The standard InChI is InChI=1S/C22H23BrN6O3S/c1-33(30,31)21-25-19-10-22(6-5-14-3-4-15(23)9-18(14)22)32-13-17(19)20(26-21)28-7-2-8-29-16(12-28)11-24-27-29/h3-4,9,11H,2,5-8,10,12-13H2,1H3. The van der Waals surface area contributed by atoms with Crippen LogP contribution in [0.25, 0.3) is 0 Å². The number of hydrogen-bond acceptors (Lipinski definition) is 8. The van der Waals surface area contributed by atoms with Crippen LogP contribution in [0.15, 0.2) is 34.0 Å². The van der Waals surface area contributed by atoms with E-state index in [9.17, 15) is 8.42 Å². The minimum atomic E-state index is -3.59. The number of sulfone groups is 1. The predicted octanol–water partition coefficient (Wildman–Crippen LogP) is 2.56. The lowest BCUT2D eigenvalue weighted by Gasteiger charge is -2.37. The van der Waals surface area contributed by atoms with Gasteiger partial charge in [-0.25, -0.2) is 23.1 Å². The summed E-state index contributed by atoms with van der Waals surface area (Å²) in [6.07, 6.45) is 6.07. The number of benzene rings is 1. The molecule has 1 aliphatic carbocycles. The Morgan fingerprint density at radius 3 is 2.94 bits per heavy atom. The Morgan fingerprint density at radius 1 is 1.21 bits per heavy atom. The molecule has 0 bridgehead atoms. The van der Waals surface area contributed by atoms with Crippen LogP contribution < -0.4 is 4.90 Å². The fraction of sp³-hybridized carbons (Fsp3) is 0.455. The van der Waals surface area contributed by atoms with E-state index >= 15 is 0 Å². The highest BCUT2D eigenvalue weighted by Gasteiger charge is 2.44. The summed E-state index contributed by atoms with van der Waals surface area (Å²) in [5.74, 6) is 0.636. The Labute approximate surface area is 200 Å². The average molecular weight is 531 g/mol. The Bertz CT molecular complexity index is 1370. The Hall–Kier alpha value is -2.37. The van der Waals surface area contributed by atoms with E-state index in [1.165, 1.54) is 5.56 Å². The van der Waals surface area contributed by atoms with Crippen LogP contribution >= 0.6 is 15.9 Å². The van der Waals surface area contributed by atoms with Crippen LogP contribution in [0.3, 0.4) is 0 Å². The molecule has 0 radical (unpaired) electrons. The Balaban J connectivity index is 1.46. The first-order valence-electron chi connectivity index (χ1n) is 11.0. The van der Waals surface area contributed by atoms with Gasteiger partial charge in [0, 0.05) is 35.8 Å². The summed E-state index contributed by atoms with van der Waals surface area (Å²) < 4.78 is 34.5. The summed E-state index contributed by atoms with van der Waals surface area (Å²) in [6, 6.07) is 6.31. The summed E-state index contributed by atoms with van der Waals surface area (Å²) in [5, 5.41) is 8.04. The monoisotopic (exact) mass is 530 g/mol. The van der Waals surface area contributed by atoms with E-state index < -0.39 is 15.4 Å². The minimum absolute atomic E-state index is 0.128. The molecular formula is C22H23BrN6O3S. The molecule has 33 heavy (non-hydrogen) atoms. The number of hydrogen-bond donors (Lipinski definition) is 0. The number of rotatable bonds is 2. The van der Waals surface area contributed by atoms with E-state index in [1.54, 1.807) is 6.20 Å². The molecule has 0 amide bonds. The van der Waals surface area contributed by atoms with Gasteiger partial charge in [0.25, 0.3) is 0 Å². The first-order chi connectivity index (χ1) is 15.8. The lowest BCUT2D eigenvalue weighted by atomic mass is 9.87. The normalized spacial score (nSPS) is 22.1. The molecule has 172 valence electrons. The van der Waals surface area contributed by atoms with E-state index in [2.05, 4.69) is 59.3 Å². The Kier molecular flexibility index (Phi) is 4.86. The van der Waals surface area contributed by atoms with E-state index in [1.807, 2.05) is 4.68 Å². The van der Waals surface area contributed by atoms with Crippen molar-refractivity contribution in [1.82, 2.24) is 25.0 Å². The van der Waals surface area contributed by atoms with Crippen molar-refractivity contribution in [2.75, 3.05) is 17.7 Å². The Morgan fingerprint density at radius 2 is 2.09 bits per heavy atom. The number of aromatic nitrogens is 5. The smallest absolute Gasteiger partial charge is 0.249 e. The number of fused-ring (bicyclic) bond motifs is 4. The second-order valence-electron chi connectivity index (χ2n) is 9.01. The van der Waals surface area contributed by atoms with E-state index in [-0.39, 0.29) is 5.16 Å². The molecule has 0 saturated heterocycles. The molecular weight excluding hydrogens is 508 g/mol. The molecule has 6 rings (SSSR count). The maximum Gasteiger partial charge on any atom is 0.249 e. The maximum absolute atomic E-state index is 12.5. The number of ether oxygens (including phenoxy) is 1. The quantitative estimate of drug-likeness (QED) is 0.465. The van der Waals surface area contributed by atoms with Crippen molar-refractivity contribution in [3.8, 4) is 0 Å². The van der Waals surface area contributed by atoms with E-state index in [4.69, 9.17) is 4.74 Å². The highest BCUT2D eigenvalue weighted by Crippen LogP contribution is 2.47. The fourth-order valence-electron chi connectivity index (χ4n) is 5.20. The molecule has 3 aliphatic rings. The lowest BCUT2D eigenvalue weighted by Crippen LogP contribution is -2.37. The third-order valence-corrected chi connectivity index (χ3v) is 8.18. The van der Waals surface area contributed by atoms with Crippen molar-refractivity contribution in [2.24, 2.45) is 0 Å². The molecule has 0 fully saturated rings. The average Bonchev–Trinajstić information content (AvgIpc) is 3.30. The fourth-order valence-corrected chi connectivity index (χ4v) is 6.09. The summed E-state index contributed by atoms with van der Waals surface area (Å²) in [6.45, 7) is 2.40. The van der Waals surface area contributed by atoms with Crippen LogP contribution in [-0.4, -0.2) is 46.2 Å². The lowest BCUT2D eigenvalue weighted by molar-refractivity contribution is -0.0731. The molecule has 1 aromatic carbocycles. The van der Waals surface area contributed by atoms with Crippen molar-refractivity contribution in [1.29, 1.82) is 0 Å². The van der Waals surface area contributed by atoms with Crippen LogP contribution in [0.1, 0.15) is 40.9 Å². The van der Waals surface area contributed by atoms with Crippen molar-refractivity contribution in [3.63, 3.8) is 0 Å². The zero-order valence-corrected chi connectivity index (χ0v) is 20.6. The largest absolute Gasteiger partial charge is 0.365 e. The first-order valence-corrected chi connectivity index (χ1v) is 13.7. The SMILES string of the molecule is CS(=O)(=O)c1nc2c(c(N3CCCn4nncc4C3)n1)COC1(CCc3ccc(Br)cc31)C2. The van der Waals surface area contributed by atoms with Gasteiger partial charge in [0.2, 0.25) is 15.0 Å². The van der Waals surface area contributed by atoms with Crippen LogP contribution in [0, 0.1) is 0 Å². The second-order valence-corrected chi connectivity index (χ2v) is 11.8. The molecule has 4 heterocycles. The van der Waals surface area contributed by atoms with Gasteiger partial charge in [-0.05, 0) is 42.5 Å². The van der Waals surface area contributed by atoms with Crippen LogP contribution in [0.2, 0.25) is 0 Å². The summed E-state index contributed by atoms with van der Waals surface area (Å²) in [5.41, 5.74) is 4.55. The van der Waals surface area contributed by atoms with Gasteiger partial charge in [0.15, 0.2) is 0 Å². The second kappa shape index (κ2) is 7.57. The van der Waals surface area contributed by atoms with E-state index in [0.29, 0.717) is 25.4 Å². The van der Waals surface area contributed by atoms with Crippen LogP contribution in [0.5, 0.6) is 0 Å². The van der Waals surface area contributed by atoms with Crippen molar-refractivity contribution in [2.45, 2.75) is 56.1 Å². The van der Waals surface area contributed by atoms with Crippen LogP contribution in [0.4, 0.5) is 5.82 Å².